The van der Waals surface area contributed by atoms with E-state index in [1.165, 1.54) is 32.2 Å². The number of nitro groups is 1. The smallest absolute Gasteiger partial charge is 0.270 e. The zero-order valence-electron chi connectivity index (χ0n) is 13.0. The van der Waals surface area contributed by atoms with E-state index < -0.39 is 4.92 Å². The van der Waals surface area contributed by atoms with Crippen LogP contribution in [0.1, 0.15) is 12.5 Å². The van der Waals surface area contributed by atoms with Crippen molar-refractivity contribution in [3.05, 3.63) is 52.1 Å². The van der Waals surface area contributed by atoms with Crippen LogP contribution in [0, 0.1) is 21.4 Å². The lowest BCUT2D eigenvalue weighted by Crippen LogP contribution is -2.06. The van der Waals surface area contributed by atoms with Crippen molar-refractivity contribution in [3.8, 4) is 11.8 Å². The maximum Gasteiger partial charge on any atom is 0.270 e. The predicted octanol–water partition coefficient (Wildman–Crippen LogP) is 3.18. The molecule has 0 saturated heterocycles. The fourth-order valence-corrected chi connectivity index (χ4v) is 2.08. The number of hydrogen-bond donors (Lipinski definition) is 2. The lowest BCUT2D eigenvalue weighted by atomic mass is 10.1. The van der Waals surface area contributed by atoms with Crippen LogP contribution in [0.15, 0.2) is 36.4 Å². The summed E-state index contributed by atoms with van der Waals surface area (Å²) in [5, 5.41) is 25.7. The van der Waals surface area contributed by atoms with Crippen molar-refractivity contribution in [1.29, 1.82) is 5.26 Å². The Labute approximate surface area is 137 Å². The monoisotopic (exact) mass is 326 g/mol. The molecule has 0 unspecified atom stereocenters. The average molecular weight is 326 g/mol. The van der Waals surface area contributed by atoms with E-state index in [1.54, 1.807) is 18.2 Å². The number of nitro benzene ring substituents is 1. The number of hydrogen-bond acceptors (Lipinski definition) is 6. The molecule has 24 heavy (non-hydrogen) atoms. The molecule has 0 aliphatic rings. The van der Waals surface area contributed by atoms with Crippen molar-refractivity contribution < 1.29 is 14.5 Å². The molecule has 0 saturated carbocycles. The molecule has 0 aromatic heterocycles. The lowest BCUT2D eigenvalue weighted by molar-refractivity contribution is -0.384. The van der Waals surface area contributed by atoms with Crippen LogP contribution in [-0.2, 0) is 4.79 Å². The molecule has 122 valence electrons. The summed E-state index contributed by atoms with van der Waals surface area (Å²) in [5.41, 5.74) is 1.40. The molecule has 0 atom stereocenters. The van der Waals surface area contributed by atoms with Crippen molar-refractivity contribution in [2.24, 2.45) is 0 Å². The third-order valence-electron chi connectivity index (χ3n) is 3.12. The molecule has 2 aromatic rings. The highest BCUT2D eigenvalue weighted by molar-refractivity contribution is 5.90. The Hall–Kier alpha value is -3.60. The Morgan fingerprint density at radius 1 is 1.25 bits per heavy atom. The highest BCUT2D eigenvalue weighted by Crippen LogP contribution is 2.32. The Morgan fingerprint density at radius 3 is 2.58 bits per heavy atom. The molecule has 2 rings (SSSR count). The van der Waals surface area contributed by atoms with Crippen LogP contribution in [0.5, 0.6) is 5.75 Å². The lowest BCUT2D eigenvalue weighted by Gasteiger charge is -2.14. The minimum atomic E-state index is -0.567. The van der Waals surface area contributed by atoms with Crippen molar-refractivity contribution in [2.75, 3.05) is 17.7 Å². The number of nitriles is 1. The van der Waals surface area contributed by atoms with Gasteiger partial charge in [-0.2, -0.15) is 5.26 Å². The van der Waals surface area contributed by atoms with Gasteiger partial charge in [0.15, 0.2) is 0 Å². The summed E-state index contributed by atoms with van der Waals surface area (Å²) in [6.07, 6.45) is 0. The molecule has 1 amide bonds. The van der Waals surface area contributed by atoms with Crippen molar-refractivity contribution in [2.45, 2.75) is 6.92 Å². The number of carbonyl (C=O) groups is 1. The Balaban J connectivity index is 2.41. The van der Waals surface area contributed by atoms with Crippen LogP contribution in [-0.4, -0.2) is 17.9 Å². The normalized spacial score (nSPS) is 9.71. The number of anilines is 3. The van der Waals surface area contributed by atoms with E-state index in [0.29, 0.717) is 22.8 Å². The van der Waals surface area contributed by atoms with Crippen molar-refractivity contribution >= 4 is 28.7 Å². The quantitative estimate of drug-likeness (QED) is 0.643. The van der Waals surface area contributed by atoms with Gasteiger partial charge in [0.1, 0.15) is 11.8 Å². The van der Waals surface area contributed by atoms with Gasteiger partial charge in [-0.05, 0) is 24.3 Å². The zero-order chi connectivity index (χ0) is 17.7. The molecule has 0 aliphatic carbocycles. The van der Waals surface area contributed by atoms with Gasteiger partial charge in [-0.15, -0.1) is 0 Å². The third-order valence-corrected chi connectivity index (χ3v) is 3.12. The number of non-ortho nitro benzene ring substituents is 1. The summed E-state index contributed by atoms with van der Waals surface area (Å²) in [4.78, 5) is 21.4. The zero-order valence-corrected chi connectivity index (χ0v) is 13.0. The minimum absolute atomic E-state index is 0.121. The van der Waals surface area contributed by atoms with Crippen molar-refractivity contribution in [3.63, 3.8) is 0 Å². The van der Waals surface area contributed by atoms with E-state index >= 15 is 0 Å². The van der Waals surface area contributed by atoms with E-state index in [9.17, 15) is 20.2 Å². The topological polar surface area (TPSA) is 117 Å². The Kier molecular flexibility index (Phi) is 4.96. The fraction of sp³-hybridized carbons (Fsp3) is 0.125. The van der Waals surface area contributed by atoms with Crippen LogP contribution in [0.25, 0.3) is 0 Å². The van der Waals surface area contributed by atoms with Gasteiger partial charge >= 0.3 is 0 Å². The first-order valence-corrected chi connectivity index (χ1v) is 6.85. The molecular formula is C16H14N4O4. The number of ether oxygens (including phenoxy) is 1. The molecular weight excluding hydrogens is 312 g/mol. The van der Waals surface area contributed by atoms with Gasteiger partial charge < -0.3 is 15.4 Å². The average Bonchev–Trinajstić information content (AvgIpc) is 2.54. The van der Waals surface area contributed by atoms with E-state index in [-0.39, 0.29) is 17.2 Å². The van der Waals surface area contributed by atoms with Gasteiger partial charge in [0, 0.05) is 24.7 Å². The summed E-state index contributed by atoms with van der Waals surface area (Å²) in [6, 6.07) is 10.8. The Morgan fingerprint density at radius 2 is 2.00 bits per heavy atom. The Bertz CT molecular complexity index is 842. The molecule has 0 aliphatic heterocycles. The minimum Gasteiger partial charge on any atom is -0.495 e. The standard InChI is InChI=1S/C16H14N4O4/c1-10(21)18-12-3-6-16(24-2)15(8-12)19-14-5-4-13(20(22)23)7-11(14)9-17/h3-8,19H,1-2H3,(H,18,21). The van der Waals surface area contributed by atoms with Crippen LogP contribution in [0.2, 0.25) is 0 Å². The highest BCUT2D eigenvalue weighted by atomic mass is 16.6. The van der Waals surface area contributed by atoms with Gasteiger partial charge in [0.2, 0.25) is 5.91 Å². The second-order valence-electron chi connectivity index (χ2n) is 4.82. The van der Waals surface area contributed by atoms with Gasteiger partial charge in [0.25, 0.3) is 5.69 Å². The molecule has 2 aromatic carbocycles. The maximum absolute atomic E-state index is 11.2. The SMILES string of the molecule is COc1ccc(NC(C)=O)cc1Nc1ccc([N+](=O)[O-])cc1C#N. The second-order valence-corrected chi connectivity index (χ2v) is 4.82. The largest absolute Gasteiger partial charge is 0.495 e. The van der Waals surface area contributed by atoms with E-state index in [4.69, 9.17) is 4.74 Å². The summed E-state index contributed by atoms with van der Waals surface area (Å²) < 4.78 is 5.25. The molecule has 0 bridgehead atoms. The van der Waals surface area contributed by atoms with E-state index in [2.05, 4.69) is 10.6 Å². The first-order valence-electron chi connectivity index (χ1n) is 6.85. The van der Waals surface area contributed by atoms with Crippen LogP contribution in [0.3, 0.4) is 0 Å². The summed E-state index contributed by atoms with van der Waals surface area (Å²) in [7, 11) is 1.49. The predicted molar refractivity (Wildman–Crippen MR) is 88.4 cm³/mol. The van der Waals surface area contributed by atoms with Gasteiger partial charge in [-0.1, -0.05) is 0 Å². The van der Waals surface area contributed by atoms with Crippen LogP contribution in [0.4, 0.5) is 22.7 Å². The molecule has 0 fully saturated rings. The maximum atomic E-state index is 11.2. The van der Waals surface area contributed by atoms with Crippen molar-refractivity contribution in [1.82, 2.24) is 0 Å². The first kappa shape index (κ1) is 16.8. The van der Waals surface area contributed by atoms with E-state index in [0.717, 1.165) is 0 Å². The number of carbonyl (C=O) groups excluding carboxylic acids is 1. The number of benzene rings is 2. The molecule has 0 spiro atoms. The van der Waals surface area contributed by atoms with Gasteiger partial charge in [-0.25, -0.2) is 0 Å². The van der Waals surface area contributed by atoms with Crippen LogP contribution < -0.4 is 15.4 Å². The molecule has 2 N–H and O–H groups in total. The number of rotatable bonds is 5. The molecule has 0 heterocycles. The van der Waals surface area contributed by atoms with Crippen LogP contribution >= 0.6 is 0 Å². The van der Waals surface area contributed by atoms with Gasteiger partial charge in [0.05, 0.1) is 29.0 Å². The van der Waals surface area contributed by atoms with Gasteiger partial charge in [-0.3, -0.25) is 14.9 Å². The summed E-state index contributed by atoms with van der Waals surface area (Å²) >= 11 is 0. The number of amides is 1. The number of nitrogens with zero attached hydrogens (tertiary/aromatic N) is 2. The first-order chi connectivity index (χ1) is 11.4. The molecule has 0 radical (unpaired) electrons. The third kappa shape index (κ3) is 3.78. The molecule has 8 heteroatoms. The highest BCUT2D eigenvalue weighted by Gasteiger charge is 2.13. The number of methoxy groups -OCH3 is 1. The second kappa shape index (κ2) is 7.11. The van der Waals surface area contributed by atoms with E-state index in [1.807, 2.05) is 6.07 Å². The number of nitrogens with one attached hydrogen (secondary N) is 2. The summed E-state index contributed by atoms with van der Waals surface area (Å²) in [5.74, 6) is 0.269. The molecule has 8 nitrogen and oxygen atoms in total. The summed E-state index contributed by atoms with van der Waals surface area (Å²) in [6.45, 7) is 1.39. The fourth-order valence-electron chi connectivity index (χ4n) is 2.08.